The summed E-state index contributed by atoms with van der Waals surface area (Å²) in [6, 6.07) is 4.97. The summed E-state index contributed by atoms with van der Waals surface area (Å²) in [4.78, 5) is 43.6. The molecule has 0 bridgehead atoms. The van der Waals surface area contributed by atoms with Gasteiger partial charge in [-0.1, -0.05) is 6.42 Å². The molecule has 1 aliphatic heterocycles. The van der Waals surface area contributed by atoms with Crippen molar-refractivity contribution >= 4 is 39.1 Å². The van der Waals surface area contributed by atoms with Gasteiger partial charge >= 0.3 is 5.97 Å². The van der Waals surface area contributed by atoms with Gasteiger partial charge < -0.3 is 19.5 Å². The van der Waals surface area contributed by atoms with Crippen molar-refractivity contribution in [2.75, 3.05) is 26.1 Å². The van der Waals surface area contributed by atoms with Gasteiger partial charge in [-0.3, -0.25) is 14.2 Å². The second-order valence-electron chi connectivity index (χ2n) is 7.72. The Bertz CT molecular complexity index is 1280. The van der Waals surface area contributed by atoms with Gasteiger partial charge in [0.15, 0.2) is 6.61 Å². The highest BCUT2D eigenvalue weighted by Gasteiger charge is 2.23. The number of ether oxygens (including phenoxy) is 3. The van der Waals surface area contributed by atoms with Crippen molar-refractivity contribution in [1.82, 2.24) is 9.55 Å². The smallest absolute Gasteiger partial charge is 0.349 e. The number of nitrogens with zero attached hydrogens (tertiary/aromatic N) is 2. The standard InChI is InChI=1S/C23H25N3O6S/c1-13-19-21(25-17-7-5-4-6-10-26(17)22(19)28)33-20(13)23(29)32-12-18(27)24-15-11-14(30-2)8-9-16(15)31-3/h8-9,11H,4-7,10,12H2,1-3H3,(H,24,27). The summed E-state index contributed by atoms with van der Waals surface area (Å²) < 4.78 is 17.4. The minimum atomic E-state index is -0.664. The SMILES string of the molecule is COc1ccc(OC)c(NC(=O)COC(=O)c2sc3nc4n(c(=O)c3c2C)CCCCC4)c1. The Hall–Kier alpha value is -3.40. The van der Waals surface area contributed by atoms with Gasteiger partial charge in [0.05, 0.1) is 25.3 Å². The first-order chi connectivity index (χ1) is 15.9. The van der Waals surface area contributed by atoms with Crippen LogP contribution in [0.1, 0.15) is 40.3 Å². The van der Waals surface area contributed by atoms with Crippen LogP contribution in [-0.4, -0.2) is 42.3 Å². The fraction of sp³-hybridized carbons (Fsp3) is 0.391. The van der Waals surface area contributed by atoms with E-state index in [0.717, 1.165) is 42.8 Å². The van der Waals surface area contributed by atoms with Crippen LogP contribution in [0.2, 0.25) is 0 Å². The van der Waals surface area contributed by atoms with Crippen LogP contribution in [0.25, 0.3) is 10.2 Å². The maximum Gasteiger partial charge on any atom is 0.349 e. The van der Waals surface area contributed by atoms with Crippen molar-refractivity contribution < 1.29 is 23.8 Å². The number of nitrogens with one attached hydrogen (secondary N) is 1. The first kappa shape index (κ1) is 22.8. The number of hydrogen-bond donors (Lipinski definition) is 1. The lowest BCUT2D eigenvalue weighted by Gasteiger charge is -2.11. The van der Waals surface area contributed by atoms with E-state index in [0.29, 0.717) is 39.5 Å². The minimum Gasteiger partial charge on any atom is -0.497 e. The van der Waals surface area contributed by atoms with E-state index >= 15 is 0 Å². The Morgan fingerprint density at radius 3 is 2.76 bits per heavy atom. The highest BCUT2D eigenvalue weighted by Crippen LogP contribution is 2.30. The lowest BCUT2D eigenvalue weighted by Crippen LogP contribution is -2.24. The van der Waals surface area contributed by atoms with Gasteiger partial charge in [-0.05, 0) is 37.5 Å². The summed E-state index contributed by atoms with van der Waals surface area (Å²) in [6.45, 7) is 1.86. The Morgan fingerprint density at radius 1 is 1.18 bits per heavy atom. The van der Waals surface area contributed by atoms with Crippen LogP contribution in [0.4, 0.5) is 5.69 Å². The highest BCUT2D eigenvalue weighted by atomic mass is 32.1. The van der Waals surface area contributed by atoms with Gasteiger partial charge in [0.1, 0.15) is 27.0 Å². The van der Waals surface area contributed by atoms with Gasteiger partial charge in [0, 0.05) is 19.0 Å². The van der Waals surface area contributed by atoms with Gasteiger partial charge in [0.25, 0.3) is 11.5 Å². The number of thiophene rings is 1. The number of methoxy groups -OCH3 is 2. The van der Waals surface area contributed by atoms with E-state index in [1.54, 1.807) is 29.7 Å². The molecule has 0 spiro atoms. The van der Waals surface area contributed by atoms with E-state index in [9.17, 15) is 14.4 Å². The van der Waals surface area contributed by atoms with E-state index in [1.807, 2.05) is 0 Å². The van der Waals surface area contributed by atoms with E-state index in [1.165, 1.54) is 14.2 Å². The topological polar surface area (TPSA) is 109 Å². The zero-order chi connectivity index (χ0) is 23.5. The predicted octanol–water partition coefficient (Wildman–Crippen LogP) is 3.31. The van der Waals surface area contributed by atoms with Crippen LogP contribution in [-0.2, 0) is 22.5 Å². The molecule has 1 amide bonds. The van der Waals surface area contributed by atoms with Crippen molar-refractivity contribution in [2.45, 2.75) is 39.2 Å². The molecular formula is C23H25N3O6S. The zero-order valence-electron chi connectivity index (χ0n) is 18.7. The number of aromatic nitrogens is 2. The monoisotopic (exact) mass is 471 g/mol. The minimum absolute atomic E-state index is 0.118. The highest BCUT2D eigenvalue weighted by molar-refractivity contribution is 7.20. The molecule has 0 unspecified atom stereocenters. The Kier molecular flexibility index (Phi) is 6.64. The lowest BCUT2D eigenvalue weighted by atomic mass is 10.2. The number of hydrogen-bond acceptors (Lipinski definition) is 8. The van der Waals surface area contributed by atoms with Crippen molar-refractivity contribution in [1.29, 1.82) is 0 Å². The van der Waals surface area contributed by atoms with E-state index in [4.69, 9.17) is 14.2 Å². The molecule has 0 saturated carbocycles. The van der Waals surface area contributed by atoms with Crippen LogP contribution in [0, 0.1) is 6.92 Å². The predicted molar refractivity (Wildman–Crippen MR) is 125 cm³/mol. The third-order valence-electron chi connectivity index (χ3n) is 5.61. The number of fused-ring (bicyclic) bond motifs is 2. The number of carbonyl (C=O) groups is 2. The summed E-state index contributed by atoms with van der Waals surface area (Å²) >= 11 is 1.13. The van der Waals surface area contributed by atoms with Crippen molar-refractivity contribution in [3.8, 4) is 11.5 Å². The van der Waals surface area contributed by atoms with E-state index < -0.39 is 18.5 Å². The Labute approximate surface area is 194 Å². The summed E-state index contributed by atoms with van der Waals surface area (Å²) in [7, 11) is 3.00. The normalized spacial score (nSPS) is 13.2. The molecule has 0 saturated heterocycles. The van der Waals surface area contributed by atoms with Crippen molar-refractivity contribution in [2.24, 2.45) is 0 Å². The van der Waals surface area contributed by atoms with Gasteiger partial charge in [-0.15, -0.1) is 11.3 Å². The van der Waals surface area contributed by atoms with Crippen molar-refractivity contribution in [3.05, 3.63) is 44.8 Å². The number of amides is 1. The molecule has 1 N–H and O–H groups in total. The molecule has 3 heterocycles. The number of carbonyl (C=O) groups excluding carboxylic acids is 2. The molecule has 33 heavy (non-hydrogen) atoms. The summed E-state index contributed by atoms with van der Waals surface area (Å²) in [5, 5.41) is 3.10. The number of anilines is 1. The molecule has 174 valence electrons. The third kappa shape index (κ3) is 4.56. The maximum atomic E-state index is 13.1. The van der Waals surface area contributed by atoms with Crippen LogP contribution in [0.5, 0.6) is 11.5 Å². The molecule has 0 fully saturated rings. The molecule has 0 aliphatic carbocycles. The third-order valence-corrected chi connectivity index (χ3v) is 6.78. The summed E-state index contributed by atoms with van der Waals surface area (Å²) in [5.74, 6) is 0.558. The fourth-order valence-corrected chi connectivity index (χ4v) is 4.98. The summed E-state index contributed by atoms with van der Waals surface area (Å²) in [6.07, 6.45) is 3.74. The number of benzene rings is 1. The first-order valence-corrected chi connectivity index (χ1v) is 11.5. The molecule has 1 aromatic carbocycles. The average molecular weight is 472 g/mol. The molecule has 0 atom stereocenters. The zero-order valence-corrected chi connectivity index (χ0v) is 19.5. The molecular weight excluding hydrogens is 446 g/mol. The largest absolute Gasteiger partial charge is 0.497 e. The van der Waals surface area contributed by atoms with E-state index in [-0.39, 0.29) is 10.4 Å². The van der Waals surface area contributed by atoms with Crippen LogP contribution >= 0.6 is 11.3 Å². The molecule has 9 nitrogen and oxygen atoms in total. The number of esters is 1. The van der Waals surface area contributed by atoms with Crippen LogP contribution in [0.3, 0.4) is 0 Å². The summed E-state index contributed by atoms with van der Waals surface area (Å²) in [5.41, 5.74) is 0.814. The Balaban J connectivity index is 1.50. The number of aryl methyl sites for hydroxylation is 2. The van der Waals surface area contributed by atoms with Crippen LogP contribution in [0.15, 0.2) is 23.0 Å². The second-order valence-corrected chi connectivity index (χ2v) is 8.72. The molecule has 10 heteroatoms. The second kappa shape index (κ2) is 9.62. The lowest BCUT2D eigenvalue weighted by molar-refractivity contribution is -0.119. The van der Waals surface area contributed by atoms with Crippen molar-refractivity contribution in [3.63, 3.8) is 0 Å². The van der Waals surface area contributed by atoms with E-state index in [2.05, 4.69) is 10.3 Å². The number of rotatable bonds is 6. The first-order valence-electron chi connectivity index (χ1n) is 10.6. The molecule has 4 rings (SSSR count). The molecule has 2 aromatic heterocycles. The maximum absolute atomic E-state index is 13.1. The fourth-order valence-electron chi connectivity index (χ4n) is 3.90. The van der Waals surface area contributed by atoms with Gasteiger partial charge in [0.2, 0.25) is 0 Å². The van der Waals surface area contributed by atoms with Gasteiger partial charge in [-0.25, -0.2) is 9.78 Å². The quantitative estimate of drug-likeness (QED) is 0.550. The van der Waals surface area contributed by atoms with Crippen LogP contribution < -0.4 is 20.3 Å². The molecule has 3 aromatic rings. The molecule has 1 aliphatic rings. The molecule has 0 radical (unpaired) electrons. The van der Waals surface area contributed by atoms with Gasteiger partial charge in [-0.2, -0.15) is 0 Å². The average Bonchev–Trinajstić information content (AvgIpc) is 2.97. The Morgan fingerprint density at radius 2 is 2.00 bits per heavy atom.